The summed E-state index contributed by atoms with van der Waals surface area (Å²) >= 11 is 2.08. The Morgan fingerprint density at radius 3 is 2.76 bits per heavy atom. The summed E-state index contributed by atoms with van der Waals surface area (Å²) in [5.74, 6) is 0.462. The van der Waals surface area contributed by atoms with Crippen LogP contribution in [0.2, 0.25) is 0 Å². The van der Waals surface area contributed by atoms with Crippen LogP contribution in [0.4, 0.5) is 10.1 Å². The van der Waals surface area contributed by atoms with Crippen LogP contribution in [0.5, 0.6) is 11.5 Å². The van der Waals surface area contributed by atoms with Crippen LogP contribution in [-0.4, -0.2) is 29.6 Å². The average molecular weight is 568 g/mol. The van der Waals surface area contributed by atoms with Crippen LogP contribution in [0.25, 0.3) is 22.7 Å². The first-order valence-electron chi connectivity index (χ1n) is 10.1. The van der Waals surface area contributed by atoms with Crippen molar-refractivity contribution in [3.8, 4) is 17.6 Å². The van der Waals surface area contributed by atoms with Crippen molar-refractivity contribution in [2.24, 2.45) is 0 Å². The van der Waals surface area contributed by atoms with Gasteiger partial charge in [0.2, 0.25) is 0 Å². The van der Waals surface area contributed by atoms with E-state index in [9.17, 15) is 14.4 Å². The molecule has 0 aliphatic heterocycles. The zero-order chi connectivity index (χ0) is 24.1. The van der Waals surface area contributed by atoms with Gasteiger partial charge in [-0.25, -0.2) is 9.37 Å². The lowest BCUT2D eigenvalue weighted by molar-refractivity contribution is -0.118. The maximum absolute atomic E-state index is 13.5. The number of hydrogen-bond acceptors (Lipinski definition) is 5. The van der Waals surface area contributed by atoms with Gasteiger partial charge in [-0.15, -0.1) is 0 Å². The molecule has 3 aromatic carbocycles. The number of ether oxygens (including phenoxy) is 2. The maximum atomic E-state index is 13.5. The van der Waals surface area contributed by atoms with Gasteiger partial charge in [0.1, 0.15) is 17.7 Å². The maximum Gasteiger partial charge on any atom is 0.262 e. The molecule has 9 heteroatoms. The summed E-state index contributed by atoms with van der Waals surface area (Å²) in [6.45, 7) is -0.199. The van der Waals surface area contributed by atoms with E-state index in [-0.39, 0.29) is 18.1 Å². The number of carbonyl (C=O) groups is 1. The van der Waals surface area contributed by atoms with Gasteiger partial charge in [0.15, 0.2) is 18.1 Å². The lowest BCUT2D eigenvalue weighted by Gasteiger charge is -2.14. The largest absolute Gasteiger partial charge is 0.493 e. The number of carbonyl (C=O) groups excluding carboxylic acids is 1. The highest BCUT2D eigenvalue weighted by Gasteiger charge is 2.15. The minimum absolute atomic E-state index is 0.199. The lowest BCUT2D eigenvalue weighted by atomic mass is 10.1. The first-order valence-corrected chi connectivity index (χ1v) is 11.2. The molecule has 4 aromatic rings. The minimum Gasteiger partial charge on any atom is -0.493 e. The molecule has 1 heterocycles. The molecule has 0 unspecified atom stereocenters. The second kappa shape index (κ2) is 10.4. The molecule has 2 N–H and O–H groups in total. The van der Waals surface area contributed by atoms with Crippen molar-refractivity contribution in [1.29, 1.82) is 5.26 Å². The number of benzene rings is 3. The number of imidazole rings is 1. The number of fused-ring (bicyclic) bond motifs is 1. The van der Waals surface area contributed by atoms with Gasteiger partial charge in [-0.05, 0) is 76.7 Å². The highest BCUT2D eigenvalue weighted by molar-refractivity contribution is 14.1. The third-order valence-corrected chi connectivity index (χ3v) is 5.59. The number of methoxy groups -OCH3 is 1. The topological polar surface area (TPSA) is 100 Å². The lowest BCUT2D eigenvalue weighted by Crippen LogP contribution is -2.20. The van der Waals surface area contributed by atoms with Crippen molar-refractivity contribution >= 4 is 56.9 Å². The Kier molecular flexibility index (Phi) is 7.08. The number of nitriles is 1. The highest BCUT2D eigenvalue weighted by Crippen LogP contribution is 2.35. The van der Waals surface area contributed by atoms with E-state index in [1.807, 2.05) is 18.2 Å². The predicted octanol–water partition coefficient (Wildman–Crippen LogP) is 5.40. The fourth-order valence-corrected chi connectivity index (χ4v) is 4.03. The van der Waals surface area contributed by atoms with Gasteiger partial charge in [-0.2, -0.15) is 5.26 Å². The van der Waals surface area contributed by atoms with E-state index in [0.29, 0.717) is 43.2 Å². The summed E-state index contributed by atoms with van der Waals surface area (Å²) in [5, 5.41) is 12.4. The Labute approximate surface area is 208 Å². The van der Waals surface area contributed by atoms with Gasteiger partial charge >= 0.3 is 0 Å². The average Bonchev–Trinajstić information content (AvgIpc) is 3.25. The summed E-state index contributed by atoms with van der Waals surface area (Å²) < 4.78 is 25.4. The van der Waals surface area contributed by atoms with Crippen molar-refractivity contribution < 1.29 is 18.7 Å². The van der Waals surface area contributed by atoms with E-state index in [0.717, 1.165) is 0 Å². The summed E-state index contributed by atoms with van der Waals surface area (Å²) in [5.41, 5.74) is 2.68. The molecule has 7 nitrogen and oxygen atoms in total. The Bertz CT molecular complexity index is 1430. The van der Waals surface area contributed by atoms with Crippen molar-refractivity contribution in [3.05, 3.63) is 81.4 Å². The van der Waals surface area contributed by atoms with Gasteiger partial charge in [0, 0.05) is 5.69 Å². The van der Waals surface area contributed by atoms with Gasteiger partial charge < -0.3 is 19.8 Å². The zero-order valence-corrected chi connectivity index (χ0v) is 20.1. The molecule has 0 spiro atoms. The van der Waals surface area contributed by atoms with Crippen LogP contribution in [0.15, 0.2) is 60.7 Å². The number of aromatic amines is 1. The van der Waals surface area contributed by atoms with Crippen LogP contribution >= 0.6 is 22.6 Å². The Balaban J connectivity index is 1.55. The Hall–Kier alpha value is -3.91. The van der Waals surface area contributed by atoms with E-state index >= 15 is 0 Å². The first kappa shape index (κ1) is 23.3. The van der Waals surface area contributed by atoms with Crippen molar-refractivity contribution in [2.75, 3.05) is 19.0 Å². The molecule has 0 saturated heterocycles. The first-order chi connectivity index (χ1) is 16.5. The quantitative estimate of drug-likeness (QED) is 0.230. The molecule has 34 heavy (non-hydrogen) atoms. The van der Waals surface area contributed by atoms with E-state index in [1.54, 1.807) is 36.4 Å². The number of nitrogens with zero attached hydrogens (tertiary/aromatic N) is 2. The van der Waals surface area contributed by atoms with Gasteiger partial charge in [0.25, 0.3) is 5.91 Å². The molecular formula is C25H18FIN4O3. The van der Waals surface area contributed by atoms with Crippen LogP contribution in [0.3, 0.4) is 0 Å². The van der Waals surface area contributed by atoms with Crippen LogP contribution < -0.4 is 14.8 Å². The van der Waals surface area contributed by atoms with Gasteiger partial charge in [-0.3, -0.25) is 4.79 Å². The molecule has 0 aliphatic rings. The molecule has 4 rings (SSSR count). The highest BCUT2D eigenvalue weighted by atomic mass is 127. The summed E-state index contributed by atoms with van der Waals surface area (Å²) in [7, 11) is 1.49. The number of halogens is 2. The number of anilines is 1. The molecule has 0 saturated carbocycles. The van der Waals surface area contributed by atoms with E-state index in [2.05, 4.69) is 43.9 Å². The molecule has 0 fully saturated rings. The van der Waals surface area contributed by atoms with Crippen LogP contribution in [0.1, 0.15) is 11.4 Å². The molecule has 0 radical (unpaired) electrons. The minimum atomic E-state index is -0.391. The number of rotatable bonds is 7. The summed E-state index contributed by atoms with van der Waals surface area (Å²) in [4.78, 5) is 19.6. The van der Waals surface area contributed by atoms with E-state index in [1.165, 1.54) is 19.2 Å². The summed E-state index contributed by atoms with van der Waals surface area (Å²) in [6, 6.07) is 18.9. The second-order valence-electron chi connectivity index (χ2n) is 7.15. The zero-order valence-electron chi connectivity index (χ0n) is 17.9. The number of aromatic nitrogens is 2. The third kappa shape index (κ3) is 5.35. The molecule has 0 atom stereocenters. The smallest absolute Gasteiger partial charge is 0.262 e. The molecular weight excluding hydrogens is 550 g/mol. The number of para-hydroxylation sites is 1. The van der Waals surface area contributed by atoms with Gasteiger partial charge in [-0.1, -0.05) is 18.2 Å². The van der Waals surface area contributed by atoms with E-state index in [4.69, 9.17) is 9.47 Å². The molecule has 0 aliphatic carbocycles. The van der Waals surface area contributed by atoms with E-state index < -0.39 is 5.82 Å². The third-order valence-electron chi connectivity index (χ3n) is 4.79. The normalized spacial score (nSPS) is 11.2. The standard InChI is InChI=1S/C25H18FIN4O3/c1-33-22-11-15(9-16(13-28)25-30-20-8-7-17(26)12-21(20)31-25)10-19(27)24(22)34-14-23(32)29-18-5-3-2-4-6-18/h2-12H,14H2,1H3,(H,29,32)(H,30,31)/b16-9-. The number of nitrogens with one attached hydrogen (secondary N) is 2. The second-order valence-corrected chi connectivity index (χ2v) is 8.32. The molecule has 170 valence electrons. The SMILES string of the molecule is COc1cc(/C=C(/C#N)c2nc3ccc(F)cc3[nH]2)cc(I)c1OCC(=O)Nc1ccccc1. The Morgan fingerprint density at radius 1 is 1.24 bits per heavy atom. The molecule has 1 amide bonds. The monoisotopic (exact) mass is 568 g/mol. The van der Waals surface area contributed by atoms with Crippen LogP contribution in [-0.2, 0) is 4.79 Å². The fraction of sp³-hybridized carbons (Fsp3) is 0.0800. The van der Waals surface area contributed by atoms with Crippen molar-refractivity contribution in [3.63, 3.8) is 0 Å². The molecule has 1 aromatic heterocycles. The number of amides is 1. The summed E-state index contributed by atoms with van der Waals surface area (Å²) in [6.07, 6.45) is 1.64. The fourth-order valence-electron chi connectivity index (χ4n) is 3.25. The number of H-pyrrole nitrogens is 1. The predicted molar refractivity (Wildman–Crippen MR) is 136 cm³/mol. The number of allylic oxidation sites excluding steroid dienone is 1. The number of hydrogen-bond donors (Lipinski definition) is 2. The van der Waals surface area contributed by atoms with Crippen LogP contribution in [0, 0.1) is 20.7 Å². The van der Waals surface area contributed by atoms with Crippen molar-refractivity contribution in [2.45, 2.75) is 0 Å². The Morgan fingerprint density at radius 2 is 2.03 bits per heavy atom. The van der Waals surface area contributed by atoms with Crippen molar-refractivity contribution in [1.82, 2.24) is 9.97 Å². The van der Waals surface area contributed by atoms with Gasteiger partial charge in [0.05, 0.1) is 27.3 Å². The molecule has 0 bridgehead atoms.